The molecule has 3 aromatic rings. The number of benzene rings is 3. The van der Waals surface area contributed by atoms with Crippen molar-refractivity contribution in [2.45, 2.75) is 26.6 Å². The molecule has 0 radical (unpaired) electrons. The first-order chi connectivity index (χ1) is 13.4. The second-order valence-electron chi connectivity index (χ2n) is 7.86. The molecule has 0 spiro atoms. The molecule has 28 heavy (non-hydrogen) atoms. The van der Waals surface area contributed by atoms with Crippen molar-refractivity contribution in [2.24, 2.45) is 0 Å². The van der Waals surface area contributed by atoms with E-state index in [1.165, 1.54) is 15.9 Å². The number of allylic oxidation sites excluding steroid dienone is 1. The second-order valence-corrected chi connectivity index (χ2v) is 15.5. The molecular formula is C24H29NOPSi+. The van der Waals surface area contributed by atoms with Crippen LogP contribution in [0.25, 0.3) is 0 Å². The minimum absolute atomic E-state index is 1.05. The van der Waals surface area contributed by atoms with Gasteiger partial charge < -0.3 is 4.53 Å². The van der Waals surface area contributed by atoms with Crippen molar-refractivity contribution >= 4 is 31.5 Å². The van der Waals surface area contributed by atoms with Crippen LogP contribution in [-0.4, -0.2) is 8.32 Å². The Kier molecular flexibility index (Phi) is 6.51. The lowest BCUT2D eigenvalue weighted by Gasteiger charge is -2.26. The van der Waals surface area contributed by atoms with Crippen LogP contribution >= 0.6 is 7.26 Å². The molecule has 2 nitrogen and oxygen atoms in total. The average molecular weight is 407 g/mol. The highest BCUT2D eigenvalue weighted by Gasteiger charge is 2.44. The standard InChI is InChI=1S/C24H29NOPSi/c1-21(25-26-28(2,3)4)20-27(22-14-8-5-9-15-22,23-16-10-6-11-17-23)24-18-12-7-13-19-24/h5-20,25H,1-4H3/q+1/b21-20-. The van der Waals surface area contributed by atoms with Crippen LogP contribution in [0.5, 0.6) is 0 Å². The third-order valence-corrected chi connectivity index (χ3v) is 9.22. The van der Waals surface area contributed by atoms with E-state index in [1.54, 1.807) is 0 Å². The lowest BCUT2D eigenvalue weighted by molar-refractivity contribution is 0.222. The molecule has 0 unspecified atom stereocenters. The molecule has 0 aliphatic rings. The molecule has 0 amide bonds. The van der Waals surface area contributed by atoms with Gasteiger partial charge in [-0.25, -0.2) is 0 Å². The van der Waals surface area contributed by atoms with Crippen LogP contribution in [0, 0.1) is 0 Å². The Hall–Kier alpha value is -2.19. The summed E-state index contributed by atoms with van der Waals surface area (Å²) in [4.78, 5) is 0. The Labute approximate surface area is 170 Å². The quantitative estimate of drug-likeness (QED) is 0.331. The van der Waals surface area contributed by atoms with Crippen LogP contribution in [0.3, 0.4) is 0 Å². The largest absolute Gasteiger partial charge is 0.323 e. The zero-order valence-corrected chi connectivity index (χ0v) is 19.0. The Bertz CT molecular complexity index is 809. The molecular weight excluding hydrogens is 377 g/mol. The zero-order chi connectivity index (χ0) is 20.0. The molecule has 0 saturated heterocycles. The van der Waals surface area contributed by atoms with Crippen molar-refractivity contribution in [3.63, 3.8) is 0 Å². The molecule has 0 bridgehead atoms. The van der Waals surface area contributed by atoms with Crippen molar-refractivity contribution < 1.29 is 4.53 Å². The van der Waals surface area contributed by atoms with E-state index in [4.69, 9.17) is 4.53 Å². The maximum absolute atomic E-state index is 5.98. The molecule has 0 heterocycles. The van der Waals surface area contributed by atoms with Gasteiger partial charge in [-0.3, -0.25) is 5.48 Å². The molecule has 0 atom stereocenters. The highest BCUT2D eigenvalue weighted by Crippen LogP contribution is 2.57. The van der Waals surface area contributed by atoms with E-state index < -0.39 is 15.6 Å². The first kappa shape index (κ1) is 20.5. The van der Waals surface area contributed by atoms with Gasteiger partial charge in [-0.15, -0.1) is 0 Å². The van der Waals surface area contributed by atoms with Crippen LogP contribution in [0.2, 0.25) is 19.6 Å². The van der Waals surface area contributed by atoms with Crippen molar-refractivity contribution in [1.82, 2.24) is 5.48 Å². The van der Waals surface area contributed by atoms with Crippen molar-refractivity contribution in [2.75, 3.05) is 0 Å². The maximum Gasteiger partial charge on any atom is 0.220 e. The number of nitrogens with one attached hydrogen (secondary N) is 1. The van der Waals surface area contributed by atoms with Crippen molar-refractivity contribution in [3.8, 4) is 0 Å². The first-order valence-corrected chi connectivity index (χ1v) is 14.9. The van der Waals surface area contributed by atoms with E-state index in [0.29, 0.717) is 0 Å². The smallest absolute Gasteiger partial charge is 0.220 e. The predicted octanol–water partition coefficient (Wildman–Crippen LogP) is 5.20. The van der Waals surface area contributed by atoms with Crippen molar-refractivity contribution in [1.29, 1.82) is 0 Å². The minimum atomic E-state index is -1.98. The fraction of sp³-hybridized carbons (Fsp3) is 0.167. The van der Waals surface area contributed by atoms with E-state index in [9.17, 15) is 0 Å². The summed E-state index contributed by atoms with van der Waals surface area (Å²) in [6, 6.07) is 32.5. The topological polar surface area (TPSA) is 21.3 Å². The molecule has 4 heteroatoms. The Morgan fingerprint density at radius 2 is 1.07 bits per heavy atom. The van der Waals surface area contributed by atoms with E-state index in [1.807, 2.05) is 0 Å². The SMILES string of the molecule is C/C(=C/[P+](c1ccccc1)(c1ccccc1)c1ccccc1)NO[Si](C)(C)C. The number of hydroxylamine groups is 1. The van der Waals surface area contributed by atoms with Crippen LogP contribution < -0.4 is 21.4 Å². The number of hydrogen-bond donors (Lipinski definition) is 1. The van der Waals surface area contributed by atoms with Crippen LogP contribution in [0.15, 0.2) is 103 Å². The Morgan fingerprint density at radius 1 is 0.714 bits per heavy atom. The molecule has 0 aliphatic carbocycles. The maximum atomic E-state index is 5.98. The summed E-state index contributed by atoms with van der Waals surface area (Å²) >= 11 is 0. The molecule has 0 aromatic heterocycles. The molecule has 144 valence electrons. The lowest BCUT2D eigenvalue weighted by atomic mass is 10.4. The highest BCUT2D eigenvalue weighted by molar-refractivity contribution is 7.98. The van der Waals surface area contributed by atoms with Gasteiger partial charge in [0, 0.05) is 0 Å². The van der Waals surface area contributed by atoms with Gasteiger partial charge in [0.15, 0.2) is 0 Å². The van der Waals surface area contributed by atoms with Crippen LogP contribution in [-0.2, 0) is 4.53 Å². The van der Waals surface area contributed by atoms with Crippen LogP contribution in [0.1, 0.15) is 6.92 Å². The van der Waals surface area contributed by atoms with E-state index in [-0.39, 0.29) is 0 Å². The molecule has 0 saturated carbocycles. The third-order valence-electron chi connectivity index (χ3n) is 4.40. The van der Waals surface area contributed by atoms with Gasteiger partial charge in [0.05, 0.1) is 11.5 Å². The van der Waals surface area contributed by atoms with E-state index in [2.05, 4.69) is 129 Å². The summed E-state index contributed by atoms with van der Waals surface area (Å²) in [6.07, 6.45) is 0. The number of hydrogen-bond acceptors (Lipinski definition) is 2. The van der Waals surface area contributed by atoms with Gasteiger partial charge in [0.25, 0.3) is 0 Å². The Balaban J connectivity index is 2.22. The lowest BCUT2D eigenvalue weighted by Crippen LogP contribution is -2.34. The van der Waals surface area contributed by atoms with Gasteiger partial charge in [0.2, 0.25) is 8.32 Å². The molecule has 3 aromatic carbocycles. The van der Waals surface area contributed by atoms with Crippen molar-refractivity contribution in [3.05, 3.63) is 103 Å². The summed E-state index contributed by atoms with van der Waals surface area (Å²) in [6.45, 7) is 8.65. The third kappa shape index (κ3) is 4.80. The summed E-state index contributed by atoms with van der Waals surface area (Å²) in [5.41, 5.74) is 4.29. The van der Waals surface area contributed by atoms with E-state index in [0.717, 1.165) is 5.70 Å². The van der Waals surface area contributed by atoms with Gasteiger partial charge in [-0.05, 0) is 63.0 Å². The monoisotopic (exact) mass is 406 g/mol. The van der Waals surface area contributed by atoms with Gasteiger partial charge in [0.1, 0.15) is 23.2 Å². The fourth-order valence-corrected chi connectivity index (χ4v) is 7.58. The Morgan fingerprint density at radius 3 is 1.39 bits per heavy atom. The minimum Gasteiger partial charge on any atom is -0.323 e. The summed E-state index contributed by atoms with van der Waals surface area (Å²) in [5.74, 6) is 2.40. The second kappa shape index (κ2) is 8.87. The first-order valence-electron chi connectivity index (χ1n) is 9.61. The molecule has 0 fully saturated rings. The molecule has 1 N–H and O–H groups in total. The molecule has 3 rings (SSSR count). The molecule has 0 aliphatic heterocycles. The predicted molar refractivity (Wildman–Crippen MR) is 126 cm³/mol. The van der Waals surface area contributed by atoms with Gasteiger partial charge in [-0.2, -0.15) is 0 Å². The zero-order valence-electron chi connectivity index (χ0n) is 17.1. The summed E-state index contributed by atoms with van der Waals surface area (Å²) < 4.78 is 5.98. The van der Waals surface area contributed by atoms with Gasteiger partial charge >= 0.3 is 0 Å². The summed E-state index contributed by atoms with van der Waals surface area (Å²) in [5, 5.41) is 4.00. The highest BCUT2D eigenvalue weighted by atomic mass is 31.2. The van der Waals surface area contributed by atoms with E-state index >= 15 is 0 Å². The summed E-state index contributed by atoms with van der Waals surface area (Å²) in [7, 11) is -3.65. The van der Waals surface area contributed by atoms with Gasteiger partial charge in [-0.1, -0.05) is 54.6 Å². The average Bonchev–Trinajstić information content (AvgIpc) is 2.72. The number of rotatable bonds is 7. The fourth-order valence-electron chi connectivity index (χ4n) is 3.21. The normalized spacial score (nSPS) is 12.6. The van der Waals surface area contributed by atoms with Crippen LogP contribution in [0.4, 0.5) is 0 Å².